The highest BCUT2D eigenvalue weighted by molar-refractivity contribution is 5.85. The Bertz CT molecular complexity index is 395. The van der Waals surface area contributed by atoms with E-state index in [1.165, 1.54) is 5.69 Å². The first-order chi connectivity index (χ1) is 8.72. The molecule has 0 spiro atoms. The molecule has 1 aromatic rings. The third-order valence-corrected chi connectivity index (χ3v) is 3.49. The molecule has 2 rings (SSSR count). The molecule has 6 heteroatoms. The number of benzene rings is 1. The average Bonchev–Trinajstić information content (AvgIpc) is 2.47. The second-order valence-corrected chi connectivity index (χ2v) is 4.78. The summed E-state index contributed by atoms with van der Waals surface area (Å²) in [5.41, 5.74) is 6.77. The van der Waals surface area contributed by atoms with Crippen LogP contribution in [0.25, 0.3) is 0 Å². The molecule has 1 aromatic carbocycles. The predicted octanol–water partition coefficient (Wildman–Crippen LogP) is 1.77. The van der Waals surface area contributed by atoms with Gasteiger partial charge in [0.1, 0.15) is 0 Å². The van der Waals surface area contributed by atoms with Gasteiger partial charge < -0.3 is 15.5 Å². The quantitative estimate of drug-likeness (QED) is 0.923. The highest BCUT2D eigenvalue weighted by Gasteiger charge is 2.23. The zero-order valence-corrected chi connectivity index (χ0v) is 13.3. The van der Waals surface area contributed by atoms with Gasteiger partial charge in [0.2, 0.25) is 5.91 Å². The van der Waals surface area contributed by atoms with E-state index in [4.69, 9.17) is 5.73 Å². The minimum absolute atomic E-state index is 0. The summed E-state index contributed by atoms with van der Waals surface area (Å²) < 4.78 is 0. The van der Waals surface area contributed by atoms with Crippen LogP contribution in [-0.2, 0) is 4.79 Å². The van der Waals surface area contributed by atoms with Crippen molar-refractivity contribution in [3.8, 4) is 0 Å². The molecule has 0 saturated carbocycles. The van der Waals surface area contributed by atoms with Gasteiger partial charge in [0, 0.05) is 44.3 Å². The van der Waals surface area contributed by atoms with Crippen molar-refractivity contribution in [1.82, 2.24) is 4.90 Å². The van der Waals surface area contributed by atoms with Crippen LogP contribution in [0, 0.1) is 5.92 Å². The van der Waals surface area contributed by atoms with Crippen molar-refractivity contribution >= 4 is 36.4 Å². The molecule has 0 radical (unpaired) electrons. The number of anilines is 1. The van der Waals surface area contributed by atoms with Gasteiger partial charge >= 0.3 is 0 Å². The lowest BCUT2D eigenvalue weighted by Crippen LogP contribution is -2.50. The Morgan fingerprint density at radius 3 is 2.20 bits per heavy atom. The van der Waals surface area contributed by atoms with Crippen LogP contribution in [0.1, 0.15) is 6.92 Å². The van der Waals surface area contributed by atoms with Gasteiger partial charge in [-0.15, -0.1) is 24.8 Å². The number of rotatable bonds is 3. The van der Waals surface area contributed by atoms with Gasteiger partial charge in [-0.1, -0.05) is 25.1 Å². The molecule has 4 nitrogen and oxygen atoms in total. The molecule has 0 aromatic heterocycles. The van der Waals surface area contributed by atoms with E-state index in [0.29, 0.717) is 6.54 Å². The SMILES string of the molecule is CC(CN)C(=O)N1CCN(c2ccccc2)CC1.Cl.Cl. The van der Waals surface area contributed by atoms with Crippen LogP contribution in [0.4, 0.5) is 5.69 Å². The number of carbonyl (C=O) groups is 1. The number of para-hydroxylation sites is 1. The molecule has 114 valence electrons. The molecule has 1 saturated heterocycles. The molecule has 1 heterocycles. The average molecular weight is 320 g/mol. The van der Waals surface area contributed by atoms with Gasteiger partial charge in [-0.2, -0.15) is 0 Å². The molecule has 2 N–H and O–H groups in total. The van der Waals surface area contributed by atoms with E-state index in [1.807, 2.05) is 30.0 Å². The number of halogens is 2. The molecular weight excluding hydrogens is 297 g/mol. The van der Waals surface area contributed by atoms with E-state index in [1.54, 1.807) is 0 Å². The van der Waals surface area contributed by atoms with Crippen molar-refractivity contribution in [1.29, 1.82) is 0 Å². The second-order valence-electron chi connectivity index (χ2n) is 4.78. The molecule has 0 aliphatic carbocycles. The zero-order chi connectivity index (χ0) is 13.0. The van der Waals surface area contributed by atoms with Gasteiger partial charge in [-0.25, -0.2) is 0 Å². The van der Waals surface area contributed by atoms with Crippen molar-refractivity contribution in [2.24, 2.45) is 11.7 Å². The fraction of sp³-hybridized carbons (Fsp3) is 0.500. The molecule has 1 atom stereocenters. The number of piperazine rings is 1. The third kappa shape index (κ3) is 4.54. The number of nitrogens with zero attached hydrogens (tertiary/aromatic N) is 2. The summed E-state index contributed by atoms with van der Waals surface area (Å²) in [6.45, 7) is 5.69. The molecule has 20 heavy (non-hydrogen) atoms. The lowest BCUT2D eigenvalue weighted by atomic mass is 10.1. The Morgan fingerprint density at radius 2 is 1.70 bits per heavy atom. The number of hydrogen-bond donors (Lipinski definition) is 1. The Hall–Kier alpha value is -0.970. The van der Waals surface area contributed by atoms with E-state index in [0.717, 1.165) is 26.2 Å². The van der Waals surface area contributed by atoms with Gasteiger partial charge in [0.25, 0.3) is 0 Å². The van der Waals surface area contributed by atoms with Crippen LogP contribution in [0.15, 0.2) is 30.3 Å². The minimum atomic E-state index is -0.0618. The van der Waals surface area contributed by atoms with Crippen LogP contribution >= 0.6 is 24.8 Å². The van der Waals surface area contributed by atoms with E-state index < -0.39 is 0 Å². The van der Waals surface area contributed by atoms with Crippen LogP contribution in [-0.4, -0.2) is 43.5 Å². The van der Waals surface area contributed by atoms with E-state index in [-0.39, 0.29) is 36.6 Å². The Labute approximate surface area is 133 Å². The summed E-state index contributed by atoms with van der Waals surface area (Å²) in [6.07, 6.45) is 0. The van der Waals surface area contributed by atoms with Crippen LogP contribution in [0.5, 0.6) is 0 Å². The summed E-state index contributed by atoms with van der Waals surface area (Å²) in [5.74, 6) is 0.124. The molecule has 1 fully saturated rings. The van der Waals surface area contributed by atoms with E-state index in [9.17, 15) is 4.79 Å². The largest absolute Gasteiger partial charge is 0.368 e. The Morgan fingerprint density at radius 1 is 1.15 bits per heavy atom. The summed E-state index contributed by atoms with van der Waals surface area (Å²) in [4.78, 5) is 16.2. The number of nitrogens with two attached hydrogens (primary N) is 1. The van der Waals surface area contributed by atoms with Gasteiger partial charge in [-0.05, 0) is 12.1 Å². The van der Waals surface area contributed by atoms with Crippen LogP contribution in [0.2, 0.25) is 0 Å². The molecule has 1 aliphatic rings. The fourth-order valence-corrected chi connectivity index (χ4v) is 2.24. The Kier molecular flexibility index (Phi) is 8.62. The van der Waals surface area contributed by atoms with Gasteiger partial charge in [0.05, 0.1) is 0 Å². The van der Waals surface area contributed by atoms with Crippen LogP contribution < -0.4 is 10.6 Å². The number of hydrogen-bond acceptors (Lipinski definition) is 3. The van der Waals surface area contributed by atoms with Crippen molar-refractivity contribution in [3.63, 3.8) is 0 Å². The Balaban J connectivity index is 0.00000180. The van der Waals surface area contributed by atoms with Crippen molar-refractivity contribution in [2.75, 3.05) is 37.6 Å². The lowest BCUT2D eigenvalue weighted by Gasteiger charge is -2.37. The highest BCUT2D eigenvalue weighted by Crippen LogP contribution is 2.16. The highest BCUT2D eigenvalue weighted by atomic mass is 35.5. The maximum absolute atomic E-state index is 12.0. The van der Waals surface area contributed by atoms with Gasteiger partial charge in [-0.3, -0.25) is 4.79 Å². The van der Waals surface area contributed by atoms with Crippen molar-refractivity contribution in [2.45, 2.75) is 6.92 Å². The standard InChI is InChI=1S/C14H21N3O.2ClH/c1-12(11-15)14(18)17-9-7-16(8-10-17)13-5-3-2-4-6-13;;/h2-6,12H,7-11,15H2,1H3;2*1H. The first-order valence-electron chi connectivity index (χ1n) is 6.51. The predicted molar refractivity (Wildman–Crippen MR) is 87.9 cm³/mol. The molecule has 1 amide bonds. The minimum Gasteiger partial charge on any atom is -0.368 e. The number of amides is 1. The molecular formula is C14H23Cl2N3O. The second kappa shape index (κ2) is 9.06. The maximum atomic E-state index is 12.0. The summed E-state index contributed by atoms with van der Waals surface area (Å²) in [6, 6.07) is 10.3. The first kappa shape index (κ1) is 19.0. The van der Waals surface area contributed by atoms with Crippen LogP contribution in [0.3, 0.4) is 0 Å². The molecule has 1 unspecified atom stereocenters. The fourth-order valence-electron chi connectivity index (χ4n) is 2.24. The lowest BCUT2D eigenvalue weighted by molar-refractivity contribution is -0.134. The van der Waals surface area contributed by atoms with E-state index >= 15 is 0 Å². The molecule has 0 bridgehead atoms. The summed E-state index contributed by atoms with van der Waals surface area (Å²) >= 11 is 0. The first-order valence-corrected chi connectivity index (χ1v) is 6.51. The number of carbonyl (C=O) groups excluding carboxylic acids is 1. The zero-order valence-electron chi connectivity index (χ0n) is 11.7. The smallest absolute Gasteiger partial charge is 0.226 e. The normalized spacial score (nSPS) is 15.9. The summed E-state index contributed by atoms with van der Waals surface area (Å²) in [5, 5.41) is 0. The maximum Gasteiger partial charge on any atom is 0.226 e. The van der Waals surface area contributed by atoms with E-state index in [2.05, 4.69) is 17.0 Å². The van der Waals surface area contributed by atoms with Gasteiger partial charge in [0.15, 0.2) is 0 Å². The monoisotopic (exact) mass is 319 g/mol. The summed E-state index contributed by atoms with van der Waals surface area (Å²) in [7, 11) is 0. The molecule has 1 aliphatic heterocycles. The topological polar surface area (TPSA) is 49.6 Å². The van der Waals surface area contributed by atoms with Crippen molar-refractivity contribution < 1.29 is 4.79 Å². The van der Waals surface area contributed by atoms with Crippen molar-refractivity contribution in [3.05, 3.63) is 30.3 Å². The third-order valence-electron chi connectivity index (χ3n) is 3.49.